The molecule has 4 aliphatic rings. The van der Waals surface area contributed by atoms with Crippen LogP contribution in [-0.4, -0.2) is 91.3 Å². The van der Waals surface area contributed by atoms with Gasteiger partial charge in [0.2, 0.25) is 0 Å². The van der Waals surface area contributed by atoms with Crippen molar-refractivity contribution in [1.82, 2.24) is 9.80 Å². The highest BCUT2D eigenvalue weighted by molar-refractivity contribution is 5.69. The topological polar surface area (TPSA) is 67.1 Å². The Morgan fingerprint density at radius 3 is 2.50 bits per heavy atom. The predicted molar refractivity (Wildman–Crippen MR) is 123 cm³/mol. The van der Waals surface area contributed by atoms with Gasteiger partial charge < -0.3 is 28.7 Å². The fourth-order valence-electron chi connectivity index (χ4n) is 5.92. The van der Waals surface area contributed by atoms with E-state index >= 15 is 0 Å². The molecule has 0 aromatic carbocycles. The van der Waals surface area contributed by atoms with Crippen molar-refractivity contribution in [2.24, 2.45) is 5.92 Å². The molecule has 3 heterocycles. The zero-order valence-electron chi connectivity index (χ0n) is 20.8. The molecule has 7 heteroatoms. The fourth-order valence-corrected chi connectivity index (χ4v) is 5.92. The lowest BCUT2D eigenvalue weighted by Crippen LogP contribution is -2.59. The first kappa shape index (κ1) is 24.0. The lowest BCUT2D eigenvalue weighted by Gasteiger charge is -2.46. The van der Waals surface area contributed by atoms with Crippen LogP contribution in [-0.2, 0) is 18.9 Å². The van der Waals surface area contributed by atoms with E-state index in [1.54, 1.807) is 7.11 Å². The Morgan fingerprint density at radius 2 is 1.97 bits per heavy atom. The van der Waals surface area contributed by atoms with Gasteiger partial charge in [0.15, 0.2) is 0 Å². The van der Waals surface area contributed by atoms with Crippen LogP contribution in [0.3, 0.4) is 0 Å². The molecule has 2 unspecified atom stereocenters. The minimum absolute atomic E-state index is 0.0602. The Balaban J connectivity index is 1.42. The second-order valence-corrected chi connectivity index (χ2v) is 10.4. The largest absolute Gasteiger partial charge is 0.443 e. The van der Waals surface area contributed by atoms with Gasteiger partial charge in [-0.25, -0.2) is 4.79 Å². The molecule has 0 bridgehead atoms. The van der Waals surface area contributed by atoms with Crippen LogP contribution in [0.25, 0.3) is 0 Å². The predicted octanol–water partition coefficient (Wildman–Crippen LogP) is 3.62. The molecule has 1 amide bonds. The van der Waals surface area contributed by atoms with Gasteiger partial charge in [-0.2, -0.15) is 0 Å². The van der Waals surface area contributed by atoms with Crippen LogP contribution in [0.15, 0.2) is 11.6 Å². The zero-order chi connectivity index (χ0) is 23.1. The number of amides is 1. The van der Waals surface area contributed by atoms with Gasteiger partial charge in [-0.05, 0) is 59.5 Å². The van der Waals surface area contributed by atoms with E-state index in [4.69, 9.17) is 18.9 Å². The van der Waals surface area contributed by atoms with Gasteiger partial charge in [-0.1, -0.05) is 25.5 Å². The Hall–Kier alpha value is -1.15. The number of carbonyl (C=O) groups excluding carboxylic acids is 1. The number of rotatable bonds is 9. The van der Waals surface area contributed by atoms with Gasteiger partial charge >= 0.3 is 6.09 Å². The molecular weight excluding hydrogens is 408 g/mol. The second kappa shape index (κ2) is 9.24. The third-order valence-electron chi connectivity index (χ3n) is 8.23. The van der Waals surface area contributed by atoms with Crippen LogP contribution < -0.4 is 0 Å². The van der Waals surface area contributed by atoms with Gasteiger partial charge in [-0.15, -0.1) is 0 Å². The fraction of sp³-hybridized carbons (Fsp3) is 0.880. The van der Waals surface area contributed by atoms with Crippen LogP contribution in [0, 0.1) is 5.92 Å². The Bertz CT molecular complexity index is 715. The number of ether oxygens (including phenoxy) is 4. The molecule has 1 aliphatic carbocycles. The number of nitrogens with zero attached hydrogens (tertiary/aromatic N) is 2. The first-order chi connectivity index (χ1) is 15.3. The highest BCUT2D eigenvalue weighted by Crippen LogP contribution is 2.59. The van der Waals surface area contributed by atoms with Crippen molar-refractivity contribution in [1.29, 1.82) is 0 Å². The third-order valence-corrected chi connectivity index (χ3v) is 8.23. The average Bonchev–Trinajstić information content (AvgIpc) is 3.65. The van der Waals surface area contributed by atoms with Gasteiger partial charge in [-0.3, -0.25) is 0 Å². The second-order valence-electron chi connectivity index (χ2n) is 10.4. The first-order valence-electron chi connectivity index (χ1n) is 12.5. The summed E-state index contributed by atoms with van der Waals surface area (Å²) in [6.45, 7) is 15.2. The summed E-state index contributed by atoms with van der Waals surface area (Å²) in [5, 5.41) is 0. The minimum atomic E-state index is -0.309. The molecule has 1 spiro atoms. The van der Waals surface area contributed by atoms with Crippen molar-refractivity contribution in [3.05, 3.63) is 11.6 Å². The molecule has 0 aromatic heterocycles. The molecule has 0 aromatic rings. The normalized spacial score (nSPS) is 40.2. The molecular formula is C25H42N2O5. The highest BCUT2D eigenvalue weighted by atomic mass is 16.6. The van der Waals surface area contributed by atoms with Crippen molar-refractivity contribution in [3.63, 3.8) is 0 Å². The number of hydrogen-bond donors (Lipinski definition) is 0. The van der Waals surface area contributed by atoms with Crippen LogP contribution in [0.4, 0.5) is 4.79 Å². The van der Waals surface area contributed by atoms with E-state index in [0.29, 0.717) is 0 Å². The molecule has 3 saturated heterocycles. The maximum Gasteiger partial charge on any atom is 0.410 e. The van der Waals surface area contributed by atoms with Crippen molar-refractivity contribution in [2.45, 2.75) is 95.9 Å². The molecule has 182 valence electrons. The summed E-state index contributed by atoms with van der Waals surface area (Å²) >= 11 is 0. The quantitative estimate of drug-likeness (QED) is 0.395. The summed E-state index contributed by atoms with van der Waals surface area (Å²) < 4.78 is 24.4. The molecule has 4 rings (SSSR count). The smallest absolute Gasteiger partial charge is 0.410 e. The number of epoxide rings is 2. The summed E-state index contributed by atoms with van der Waals surface area (Å²) in [4.78, 5) is 17.3. The third kappa shape index (κ3) is 4.46. The molecule has 7 atom stereocenters. The van der Waals surface area contributed by atoms with Gasteiger partial charge in [0.25, 0.3) is 0 Å². The molecule has 1 saturated carbocycles. The SMILES string of the molecule is CCN(CC)CC1CCN1C(=O)O[C@@H]1CC[C@]2(CO2)C([C@@]2(C)O[C@@H]2CC=C(C)C)[C@@H]1OC. The van der Waals surface area contributed by atoms with Crippen LogP contribution in [0.2, 0.25) is 0 Å². The maximum absolute atomic E-state index is 13.1. The lowest BCUT2D eigenvalue weighted by atomic mass is 9.68. The van der Waals surface area contributed by atoms with E-state index in [2.05, 4.69) is 45.6 Å². The minimum Gasteiger partial charge on any atom is -0.443 e. The first-order valence-corrected chi connectivity index (χ1v) is 12.5. The summed E-state index contributed by atoms with van der Waals surface area (Å²) in [5.74, 6) is 0.0602. The monoisotopic (exact) mass is 450 g/mol. The summed E-state index contributed by atoms with van der Waals surface area (Å²) in [6.07, 6.45) is 5.29. The maximum atomic E-state index is 13.1. The van der Waals surface area contributed by atoms with Crippen molar-refractivity contribution >= 4 is 6.09 Å². The highest BCUT2D eigenvalue weighted by Gasteiger charge is 2.72. The molecule has 4 fully saturated rings. The van der Waals surface area contributed by atoms with E-state index in [1.807, 2.05) is 4.90 Å². The van der Waals surface area contributed by atoms with Crippen molar-refractivity contribution < 1.29 is 23.7 Å². The lowest BCUT2D eigenvalue weighted by molar-refractivity contribution is -0.125. The Labute approximate surface area is 193 Å². The number of likely N-dealkylation sites (tertiary alicyclic amines) is 1. The van der Waals surface area contributed by atoms with E-state index < -0.39 is 0 Å². The number of carbonyl (C=O) groups is 1. The molecule has 0 radical (unpaired) electrons. The summed E-state index contributed by atoms with van der Waals surface area (Å²) in [5.41, 5.74) is 0.795. The summed E-state index contributed by atoms with van der Waals surface area (Å²) in [7, 11) is 1.73. The summed E-state index contributed by atoms with van der Waals surface area (Å²) in [6, 6.07) is 0.249. The van der Waals surface area contributed by atoms with E-state index in [-0.39, 0.29) is 47.6 Å². The number of likely N-dealkylation sites (N-methyl/N-ethyl adjacent to an activating group) is 1. The van der Waals surface area contributed by atoms with Gasteiger partial charge in [0, 0.05) is 26.2 Å². The van der Waals surface area contributed by atoms with Crippen LogP contribution >= 0.6 is 0 Å². The van der Waals surface area contributed by atoms with E-state index in [1.165, 1.54) is 5.57 Å². The average molecular weight is 451 g/mol. The molecule has 0 N–H and O–H groups in total. The molecule has 7 nitrogen and oxygen atoms in total. The van der Waals surface area contributed by atoms with Gasteiger partial charge in [0.1, 0.15) is 23.4 Å². The molecule has 32 heavy (non-hydrogen) atoms. The number of allylic oxidation sites excluding steroid dienone is 1. The number of methoxy groups -OCH3 is 1. The van der Waals surface area contributed by atoms with Crippen molar-refractivity contribution in [3.8, 4) is 0 Å². The number of hydrogen-bond acceptors (Lipinski definition) is 6. The van der Waals surface area contributed by atoms with Crippen molar-refractivity contribution in [2.75, 3.05) is 39.9 Å². The Morgan fingerprint density at radius 1 is 1.25 bits per heavy atom. The van der Waals surface area contributed by atoms with Gasteiger partial charge in [0.05, 0.1) is 18.6 Å². The standard InChI is InChI=1S/C25H42N2O5/c1-7-26(8-2)15-18-12-14-27(18)23(28)31-19-11-13-25(16-30-25)22(21(19)29-6)24(5)20(32-24)10-9-17(3)4/h9,18-22H,7-8,10-16H2,1-6H3/t18?,19-,20-,21-,22?,24+,25+/m1/s1. The zero-order valence-corrected chi connectivity index (χ0v) is 20.8. The Kier molecular flexibility index (Phi) is 6.93. The van der Waals surface area contributed by atoms with Crippen LogP contribution in [0.1, 0.15) is 60.3 Å². The van der Waals surface area contributed by atoms with E-state index in [0.717, 1.165) is 58.5 Å². The van der Waals surface area contributed by atoms with Crippen LogP contribution in [0.5, 0.6) is 0 Å². The molecule has 3 aliphatic heterocycles. The van der Waals surface area contributed by atoms with E-state index in [9.17, 15) is 4.79 Å².